The lowest BCUT2D eigenvalue weighted by atomic mass is 10.1. The van der Waals surface area contributed by atoms with Gasteiger partial charge in [0.25, 0.3) is 0 Å². The Bertz CT molecular complexity index is 353. The number of hydrogen-bond acceptors (Lipinski definition) is 3. The van der Waals surface area contributed by atoms with Gasteiger partial charge < -0.3 is 21.1 Å². The highest BCUT2D eigenvalue weighted by Gasteiger charge is 2.29. The molecule has 7 nitrogen and oxygen atoms in total. The van der Waals surface area contributed by atoms with Crippen molar-refractivity contribution in [1.29, 1.82) is 0 Å². The van der Waals surface area contributed by atoms with Gasteiger partial charge in [-0.2, -0.15) is 0 Å². The number of hydrogen-bond donors (Lipinski definition) is 3. The summed E-state index contributed by atoms with van der Waals surface area (Å²) in [6.45, 7) is 6.98. The zero-order valence-electron chi connectivity index (χ0n) is 11.9. The number of nitrogens with zero attached hydrogens (tertiary/aromatic N) is 1. The van der Waals surface area contributed by atoms with Gasteiger partial charge in [-0.25, -0.2) is 4.79 Å². The average molecular weight is 273 g/mol. The average Bonchev–Trinajstić information content (AvgIpc) is 2.22. The first-order chi connectivity index (χ1) is 8.58. The maximum Gasteiger partial charge on any atom is 0.318 e. The zero-order valence-corrected chi connectivity index (χ0v) is 11.9. The van der Waals surface area contributed by atoms with E-state index in [-0.39, 0.29) is 12.5 Å². The Morgan fingerprint density at radius 2 is 1.84 bits per heavy atom. The highest BCUT2D eigenvalue weighted by atomic mass is 16.4. The van der Waals surface area contributed by atoms with Crippen LogP contribution in [0.4, 0.5) is 4.79 Å². The molecule has 0 radical (unpaired) electrons. The minimum atomic E-state index is -1.14. The van der Waals surface area contributed by atoms with Crippen molar-refractivity contribution >= 4 is 17.9 Å². The van der Waals surface area contributed by atoms with E-state index in [2.05, 4.69) is 5.32 Å². The lowest BCUT2D eigenvalue weighted by molar-refractivity contribution is -0.137. The van der Waals surface area contributed by atoms with Crippen molar-refractivity contribution in [3.05, 3.63) is 0 Å². The predicted octanol–water partition coefficient (Wildman–Crippen LogP) is 0.535. The molecule has 0 bridgehead atoms. The molecular weight excluding hydrogens is 250 g/mol. The highest BCUT2D eigenvalue weighted by molar-refractivity contribution is 5.89. The Morgan fingerprint density at radius 1 is 1.32 bits per heavy atom. The van der Waals surface area contributed by atoms with Gasteiger partial charge in [-0.15, -0.1) is 0 Å². The molecule has 3 amide bonds. The van der Waals surface area contributed by atoms with Crippen molar-refractivity contribution in [2.45, 2.75) is 52.1 Å². The number of nitrogens with two attached hydrogens (primary N) is 1. The molecule has 0 aromatic rings. The van der Waals surface area contributed by atoms with Crippen molar-refractivity contribution in [3.8, 4) is 0 Å². The van der Waals surface area contributed by atoms with E-state index in [1.807, 2.05) is 13.8 Å². The smallest absolute Gasteiger partial charge is 0.318 e. The van der Waals surface area contributed by atoms with Crippen LogP contribution < -0.4 is 11.1 Å². The first-order valence-corrected chi connectivity index (χ1v) is 6.18. The molecule has 0 aliphatic carbocycles. The molecule has 0 saturated carbocycles. The lowest BCUT2D eigenvalue weighted by Gasteiger charge is -2.31. The van der Waals surface area contributed by atoms with Crippen LogP contribution in [0.2, 0.25) is 0 Å². The summed E-state index contributed by atoms with van der Waals surface area (Å²) in [5, 5.41) is 11.1. The van der Waals surface area contributed by atoms with E-state index < -0.39 is 23.4 Å². The molecule has 0 spiro atoms. The van der Waals surface area contributed by atoms with E-state index >= 15 is 0 Å². The SMILES string of the molecule is CC(C)N(CCCC(=O)O)C(=O)NC(C)(C)C(N)=O. The van der Waals surface area contributed by atoms with E-state index in [1.165, 1.54) is 18.7 Å². The van der Waals surface area contributed by atoms with Gasteiger partial charge in [0.2, 0.25) is 5.91 Å². The second-order valence-corrected chi connectivity index (χ2v) is 5.20. The molecule has 0 unspecified atom stereocenters. The van der Waals surface area contributed by atoms with Gasteiger partial charge in [0.1, 0.15) is 5.54 Å². The third-order valence-corrected chi connectivity index (χ3v) is 2.71. The van der Waals surface area contributed by atoms with Crippen LogP contribution >= 0.6 is 0 Å². The van der Waals surface area contributed by atoms with Crippen LogP contribution in [-0.2, 0) is 9.59 Å². The Morgan fingerprint density at radius 3 is 2.21 bits per heavy atom. The molecule has 0 heterocycles. The molecule has 0 atom stereocenters. The largest absolute Gasteiger partial charge is 0.481 e. The molecule has 0 rings (SSSR count). The van der Waals surface area contributed by atoms with Crippen molar-refractivity contribution in [1.82, 2.24) is 10.2 Å². The Labute approximate surface area is 113 Å². The van der Waals surface area contributed by atoms with Gasteiger partial charge >= 0.3 is 12.0 Å². The van der Waals surface area contributed by atoms with Crippen LogP contribution in [0.3, 0.4) is 0 Å². The molecule has 0 saturated heterocycles. The molecule has 7 heteroatoms. The second kappa shape index (κ2) is 6.96. The van der Waals surface area contributed by atoms with Crippen LogP contribution in [0.25, 0.3) is 0 Å². The number of carbonyl (C=O) groups excluding carboxylic acids is 2. The van der Waals surface area contributed by atoms with E-state index in [0.29, 0.717) is 13.0 Å². The molecule has 0 fully saturated rings. The van der Waals surface area contributed by atoms with Crippen LogP contribution in [0.15, 0.2) is 0 Å². The maximum atomic E-state index is 12.0. The second-order valence-electron chi connectivity index (χ2n) is 5.20. The molecule has 0 aromatic carbocycles. The first kappa shape index (κ1) is 17.2. The molecule has 0 aromatic heterocycles. The quantitative estimate of drug-likeness (QED) is 0.628. The van der Waals surface area contributed by atoms with Gasteiger partial charge in [-0.3, -0.25) is 9.59 Å². The standard InChI is InChI=1S/C12H23N3O4/c1-8(2)15(7-5-6-9(16)17)11(19)14-12(3,4)10(13)18/h8H,5-7H2,1-4H3,(H2,13,18)(H,14,19)(H,16,17). The zero-order chi connectivity index (χ0) is 15.2. The number of nitrogens with one attached hydrogen (secondary N) is 1. The van der Waals surface area contributed by atoms with Crippen LogP contribution in [0, 0.1) is 0 Å². The van der Waals surface area contributed by atoms with Crippen molar-refractivity contribution in [2.24, 2.45) is 5.73 Å². The number of urea groups is 1. The van der Waals surface area contributed by atoms with E-state index in [4.69, 9.17) is 10.8 Å². The van der Waals surface area contributed by atoms with Gasteiger partial charge in [0.05, 0.1) is 0 Å². The summed E-state index contributed by atoms with van der Waals surface area (Å²) < 4.78 is 0. The number of carboxylic acids is 1. The molecule has 19 heavy (non-hydrogen) atoms. The third-order valence-electron chi connectivity index (χ3n) is 2.71. The number of amides is 3. The van der Waals surface area contributed by atoms with Crippen molar-refractivity contribution in [2.75, 3.05) is 6.54 Å². The van der Waals surface area contributed by atoms with Gasteiger partial charge in [0, 0.05) is 19.0 Å². The molecule has 110 valence electrons. The number of carboxylic acid groups (broad SMARTS) is 1. The Kier molecular flexibility index (Phi) is 6.31. The summed E-state index contributed by atoms with van der Waals surface area (Å²) in [4.78, 5) is 35.1. The monoisotopic (exact) mass is 273 g/mol. The summed E-state index contributed by atoms with van der Waals surface area (Å²) in [5.74, 6) is -1.53. The fourth-order valence-electron chi connectivity index (χ4n) is 1.40. The fourth-order valence-corrected chi connectivity index (χ4v) is 1.40. The molecule has 0 aliphatic heterocycles. The fraction of sp³-hybridized carbons (Fsp3) is 0.750. The highest BCUT2D eigenvalue weighted by Crippen LogP contribution is 2.07. The molecule has 4 N–H and O–H groups in total. The third kappa shape index (κ3) is 6.08. The lowest BCUT2D eigenvalue weighted by Crippen LogP contribution is -2.57. The maximum absolute atomic E-state index is 12.0. The number of rotatable bonds is 7. The summed E-state index contributed by atoms with van der Waals surface area (Å²) in [5.41, 5.74) is 4.04. The topological polar surface area (TPSA) is 113 Å². The summed E-state index contributed by atoms with van der Waals surface area (Å²) in [7, 11) is 0. The normalized spacial score (nSPS) is 11.2. The Hall–Kier alpha value is -1.79. The summed E-state index contributed by atoms with van der Waals surface area (Å²) >= 11 is 0. The number of carbonyl (C=O) groups is 3. The van der Waals surface area contributed by atoms with Gasteiger partial charge in [-0.1, -0.05) is 0 Å². The molecular formula is C12H23N3O4. The van der Waals surface area contributed by atoms with E-state index in [0.717, 1.165) is 0 Å². The Balaban J connectivity index is 4.58. The van der Waals surface area contributed by atoms with Crippen molar-refractivity contribution < 1.29 is 19.5 Å². The number of aliphatic carboxylic acids is 1. The van der Waals surface area contributed by atoms with E-state index in [9.17, 15) is 14.4 Å². The summed E-state index contributed by atoms with van der Waals surface area (Å²) in [6.07, 6.45) is 0.355. The van der Waals surface area contributed by atoms with Crippen LogP contribution in [0.1, 0.15) is 40.5 Å². The van der Waals surface area contributed by atoms with Gasteiger partial charge in [0.15, 0.2) is 0 Å². The van der Waals surface area contributed by atoms with Gasteiger partial charge in [-0.05, 0) is 34.1 Å². The van der Waals surface area contributed by atoms with Crippen LogP contribution in [-0.4, -0.2) is 46.0 Å². The van der Waals surface area contributed by atoms with Crippen LogP contribution in [0.5, 0.6) is 0 Å². The number of primary amides is 1. The van der Waals surface area contributed by atoms with E-state index in [1.54, 1.807) is 0 Å². The molecule has 0 aliphatic rings. The minimum absolute atomic E-state index is 0.00425. The van der Waals surface area contributed by atoms with Crippen molar-refractivity contribution in [3.63, 3.8) is 0 Å². The minimum Gasteiger partial charge on any atom is -0.481 e. The predicted molar refractivity (Wildman–Crippen MR) is 70.5 cm³/mol. The summed E-state index contributed by atoms with van der Waals surface area (Å²) in [6, 6.07) is -0.526. The first-order valence-electron chi connectivity index (χ1n) is 6.18.